The highest BCUT2D eigenvalue weighted by molar-refractivity contribution is 6.42. The predicted molar refractivity (Wildman–Crippen MR) is 91.0 cm³/mol. The average Bonchev–Trinajstić information content (AvgIpc) is 2.86. The zero-order chi connectivity index (χ0) is 16.0. The number of pyridine rings is 1. The summed E-state index contributed by atoms with van der Waals surface area (Å²) in [6.45, 7) is 0. The van der Waals surface area contributed by atoms with Crippen LogP contribution in [0.5, 0.6) is 0 Å². The number of carbonyl (C=O) groups is 1. The Hall–Kier alpha value is -1.78. The Labute approximate surface area is 144 Å². The first kappa shape index (κ1) is 14.8. The summed E-state index contributed by atoms with van der Waals surface area (Å²) in [5, 5.41) is 3.84. The smallest absolute Gasteiger partial charge is 0.314 e. The van der Waals surface area contributed by atoms with Gasteiger partial charge in [-0.25, -0.2) is 4.79 Å². The Bertz CT molecular complexity index is 780. The van der Waals surface area contributed by atoms with Gasteiger partial charge in [-0.05, 0) is 54.7 Å². The van der Waals surface area contributed by atoms with Crippen LogP contribution in [0.1, 0.15) is 30.0 Å². The molecule has 0 saturated carbocycles. The molecule has 2 bridgehead atoms. The number of hydrogen-bond acceptors (Lipinski definition) is 2. The van der Waals surface area contributed by atoms with Crippen molar-refractivity contribution in [1.29, 1.82) is 0 Å². The molecule has 118 valence electrons. The van der Waals surface area contributed by atoms with Crippen LogP contribution in [0.3, 0.4) is 0 Å². The maximum absolute atomic E-state index is 12.8. The summed E-state index contributed by atoms with van der Waals surface area (Å²) in [6, 6.07) is 7.44. The minimum Gasteiger partial charge on any atom is -0.314 e. The topological polar surface area (TPSA) is 45.2 Å². The SMILES string of the molecule is O=C(Nc1ccc(Cl)c(Cl)c1)N1[C@@H]2CC[C@H]1c1cnccc1C2. The molecule has 23 heavy (non-hydrogen) atoms. The molecule has 1 aromatic heterocycles. The maximum atomic E-state index is 12.8. The van der Waals surface area contributed by atoms with Crippen molar-refractivity contribution in [3.63, 3.8) is 0 Å². The third-order valence-electron chi connectivity index (χ3n) is 4.67. The van der Waals surface area contributed by atoms with Gasteiger partial charge in [-0.1, -0.05) is 23.2 Å². The molecule has 1 fully saturated rings. The van der Waals surface area contributed by atoms with E-state index in [1.165, 1.54) is 11.1 Å². The van der Waals surface area contributed by atoms with Crippen molar-refractivity contribution in [3.8, 4) is 0 Å². The fourth-order valence-electron chi connectivity index (χ4n) is 3.63. The second-order valence-electron chi connectivity index (χ2n) is 5.99. The van der Waals surface area contributed by atoms with Gasteiger partial charge >= 0.3 is 6.03 Å². The van der Waals surface area contributed by atoms with Crippen LogP contribution >= 0.6 is 23.2 Å². The first-order valence-corrected chi connectivity index (χ1v) is 8.36. The molecule has 2 amide bonds. The van der Waals surface area contributed by atoms with E-state index in [2.05, 4.69) is 16.4 Å². The van der Waals surface area contributed by atoms with Gasteiger partial charge in [0.1, 0.15) is 0 Å². The fourth-order valence-corrected chi connectivity index (χ4v) is 3.93. The molecule has 1 saturated heterocycles. The van der Waals surface area contributed by atoms with E-state index in [-0.39, 0.29) is 18.1 Å². The largest absolute Gasteiger partial charge is 0.322 e. The first-order valence-electron chi connectivity index (χ1n) is 7.60. The van der Waals surface area contributed by atoms with Crippen LogP contribution in [-0.4, -0.2) is 22.0 Å². The molecule has 0 unspecified atom stereocenters. The molecule has 1 aromatic carbocycles. The lowest BCUT2D eigenvalue weighted by Crippen LogP contribution is -2.44. The van der Waals surface area contributed by atoms with Crippen LogP contribution < -0.4 is 5.32 Å². The highest BCUT2D eigenvalue weighted by atomic mass is 35.5. The lowest BCUT2D eigenvalue weighted by Gasteiger charge is -2.36. The Morgan fingerprint density at radius 2 is 2.09 bits per heavy atom. The van der Waals surface area contributed by atoms with Gasteiger partial charge in [-0.3, -0.25) is 4.98 Å². The second kappa shape index (κ2) is 5.69. The summed E-state index contributed by atoms with van der Waals surface area (Å²) in [7, 11) is 0. The zero-order valence-electron chi connectivity index (χ0n) is 12.3. The van der Waals surface area contributed by atoms with Crippen LogP contribution in [0.4, 0.5) is 10.5 Å². The van der Waals surface area contributed by atoms with Crippen molar-refractivity contribution < 1.29 is 4.79 Å². The van der Waals surface area contributed by atoms with Gasteiger partial charge in [-0.2, -0.15) is 0 Å². The molecular weight excluding hydrogens is 333 g/mol. The lowest BCUT2D eigenvalue weighted by atomic mass is 9.95. The number of aromatic nitrogens is 1. The molecule has 2 aliphatic rings. The van der Waals surface area contributed by atoms with Crippen LogP contribution in [0, 0.1) is 0 Å². The second-order valence-corrected chi connectivity index (χ2v) is 6.81. The third-order valence-corrected chi connectivity index (χ3v) is 5.41. The Morgan fingerprint density at radius 3 is 2.91 bits per heavy atom. The van der Waals surface area contributed by atoms with Gasteiger partial charge in [0, 0.05) is 24.1 Å². The quantitative estimate of drug-likeness (QED) is 0.813. The molecule has 4 rings (SSSR count). The molecule has 4 nitrogen and oxygen atoms in total. The summed E-state index contributed by atoms with van der Waals surface area (Å²) in [5.74, 6) is 0. The van der Waals surface area contributed by atoms with E-state index < -0.39 is 0 Å². The minimum atomic E-state index is -0.0922. The summed E-state index contributed by atoms with van der Waals surface area (Å²) in [6.07, 6.45) is 6.61. The number of hydrogen-bond donors (Lipinski definition) is 1. The number of nitrogens with zero attached hydrogens (tertiary/aromatic N) is 2. The zero-order valence-corrected chi connectivity index (χ0v) is 13.8. The summed E-state index contributed by atoms with van der Waals surface area (Å²) in [4.78, 5) is 18.9. The monoisotopic (exact) mass is 347 g/mol. The van der Waals surface area contributed by atoms with E-state index in [0.29, 0.717) is 15.7 Å². The van der Waals surface area contributed by atoms with Crippen molar-refractivity contribution in [2.45, 2.75) is 31.3 Å². The number of rotatable bonds is 1. The third kappa shape index (κ3) is 2.56. The highest BCUT2D eigenvalue weighted by Crippen LogP contribution is 2.43. The molecule has 1 N–H and O–H groups in total. The van der Waals surface area contributed by atoms with E-state index >= 15 is 0 Å². The van der Waals surface area contributed by atoms with Crippen molar-refractivity contribution in [2.24, 2.45) is 0 Å². The minimum absolute atomic E-state index is 0.0922. The Morgan fingerprint density at radius 1 is 1.22 bits per heavy atom. The van der Waals surface area contributed by atoms with Gasteiger partial charge < -0.3 is 10.2 Å². The van der Waals surface area contributed by atoms with Gasteiger partial charge in [0.15, 0.2) is 0 Å². The number of halogens is 2. The molecule has 2 aromatic rings. The normalized spacial score (nSPS) is 21.9. The Kier molecular flexibility index (Phi) is 3.66. The molecule has 6 heteroatoms. The number of amides is 2. The van der Waals surface area contributed by atoms with Crippen LogP contribution in [0.15, 0.2) is 36.7 Å². The number of urea groups is 1. The van der Waals surface area contributed by atoms with Gasteiger partial charge in [0.05, 0.1) is 16.1 Å². The summed E-state index contributed by atoms with van der Waals surface area (Å²) in [5.41, 5.74) is 3.14. The van der Waals surface area contributed by atoms with Crippen LogP contribution in [0.2, 0.25) is 10.0 Å². The van der Waals surface area contributed by atoms with E-state index in [1.54, 1.807) is 18.2 Å². The number of nitrogens with one attached hydrogen (secondary N) is 1. The standard InChI is InChI=1S/C17H15Cl2N3O/c18-14-3-1-11(8-15(14)19)21-17(23)22-12-2-4-16(22)13-9-20-6-5-10(13)7-12/h1,3,5-6,8-9,12,16H,2,4,7H2,(H,21,23)/t12-,16+/m1/s1. The molecule has 2 atom stereocenters. The Balaban J connectivity index is 1.59. The predicted octanol–water partition coefficient (Wildman–Crippen LogP) is 4.68. The molecule has 2 aliphatic heterocycles. The average molecular weight is 348 g/mol. The molecule has 3 heterocycles. The van der Waals surface area contributed by atoms with E-state index in [4.69, 9.17) is 23.2 Å². The highest BCUT2D eigenvalue weighted by Gasteiger charge is 2.42. The molecular formula is C17H15Cl2N3O. The fraction of sp³-hybridized carbons (Fsp3) is 0.294. The van der Waals surface area contributed by atoms with Crippen molar-refractivity contribution >= 4 is 34.9 Å². The van der Waals surface area contributed by atoms with Crippen molar-refractivity contribution in [1.82, 2.24) is 9.88 Å². The van der Waals surface area contributed by atoms with Gasteiger partial charge in [0.25, 0.3) is 0 Å². The van der Waals surface area contributed by atoms with Gasteiger partial charge in [-0.15, -0.1) is 0 Å². The van der Waals surface area contributed by atoms with Crippen LogP contribution in [-0.2, 0) is 6.42 Å². The van der Waals surface area contributed by atoms with E-state index in [9.17, 15) is 4.79 Å². The van der Waals surface area contributed by atoms with Crippen molar-refractivity contribution in [3.05, 3.63) is 57.8 Å². The summed E-state index contributed by atoms with van der Waals surface area (Å²) >= 11 is 11.9. The number of fused-ring (bicyclic) bond motifs is 4. The van der Waals surface area contributed by atoms with Crippen LogP contribution in [0.25, 0.3) is 0 Å². The van der Waals surface area contributed by atoms with Gasteiger partial charge in [0.2, 0.25) is 0 Å². The van der Waals surface area contributed by atoms with E-state index in [1.807, 2.05) is 17.3 Å². The molecule has 0 aliphatic carbocycles. The van der Waals surface area contributed by atoms with E-state index in [0.717, 1.165) is 19.3 Å². The summed E-state index contributed by atoms with van der Waals surface area (Å²) < 4.78 is 0. The number of benzene rings is 1. The molecule has 0 radical (unpaired) electrons. The van der Waals surface area contributed by atoms with Crippen molar-refractivity contribution in [2.75, 3.05) is 5.32 Å². The number of carbonyl (C=O) groups excluding carboxylic acids is 1. The lowest BCUT2D eigenvalue weighted by molar-refractivity contribution is 0.179. The first-order chi connectivity index (χ1) is 11.1. The maximum Gasteiger partial charge on any atom is 0.322 e. The number of anilines is 1. The molecule has 0 spiro atoms.